The van der Waals surface area contributed by atoms with Gasteiger partial charge < -0.3 is 9.47 Å². The number of ether oxygens (including phenoxy) is 2. The van der Waals surface area contributed by atoms with Gasteiger partial charge in [0.1, 0.15) is 11.5 Å². The minimum Gasteiger partial charge on any atom is -0.427 e. The molecule has 0 heterocycles. The summed E-state index contributed by atoms with van der Waals surface area (Å²) >= 11 is 0. The van der Waals surface area contributed by atoms with Crippen molar-refractivity contribution in [3.05, 3.63) is 72.3 Å². The Labute approximate surface area is 141 Å². The highest BCUT2D eigenvalue weighted by Crippen LogP contribution is 2.33. The molecule has 0 saturated heterocycles. The lowest BCUT2D eigenvalue weighted by molar-refractivity contribution is -0.132. The predicted molar refractivity (Wildman–Crippen MR) is 92.2 cm³/mol. The summed E-state index contributed by atoms with van der Waals surface area (Å²) in [5.74, 6) is 0.174. The molecule has 24 heavy (non-hydrogen) atoms. The maximum atomic E-state index is 11.2. The summed E-state index contributed by atoms with van der Waals surface area (Å²) in [7, 11) is 0. The number of rotatable bonds is 5. The molecule has 0 N–H and O–H groups in total. The highest BCUT2D eigenvalue weighted by atomic mass is 16.5. The van der Waals surface area contributed by atoms with Crippen LogP contribution in [0.3, 0.4) is 0 Å². The number of carbonyl (C=O) groups excluding carboxylic acids is 2. The molecule has 0 radical (unpaired) electrons. The van der Waals surface area contributed by atoms with Crippen LogP contribution in [0.2, 0.25) is 0 Å². The van der Waals surface area contributed by atoms with Gasteiger partial charge in [0, 0.05) is 18.4 Å². The van der Waals surface area contributed by atoms with Crippen molar-refractivity contribution in [3.8, 4) is 11.5 Å². The fraction of sp³-hybridized carbons (Fsp3) is 0.200. The van der Waals surface area contributed by atoms with Crippen molar-refractivity contribution < 1.29 is 19.1 Å². The minimum absolute atomic E-state index is 0.254. The van der Waals surface area contributed by atoms with Crippen LogP contribution in [-0.2, 0) is 15.0 Å². The van der Waals surface area contributed by atoms with E-state index in [0.717, 1.165) is 17.2 Å². The number of hydrogen-bond donors (Lipinski definition) is 0. The monoisotopic (exact) mass is 324 g/mol. The standard InChI is InChI=1S/C20H20O4/c1-5-19(22)24-18-12-8-16(9-13-18)20(3,4)15-6-10-17(11-7-15)23-14(2)21/h5-13H,1H2,2-4H3. The Bertz CT molecular complexity index is 740. The molecular formula is C20H20O4. The van der Waals surface area contributed by atoms with Crippen LogP contribution in [0.25, 0.3) is 0 Å². The second-order valence-electron chi connectivity index (χ2n) is 5.89. The van der Waals surface area contributed by atoms with Crippen molar-refractivity contribution in [3.63, 3.8) is 0 Å². The van der Waals surface area contributed by atoms with Gasteiger partial charge in [0.25, 0.3) is 0 Å². The number of carbonyl (C=O) groups is 2. The summed E-state index contributed by atoms with van der Waals surface area (Å²) in [6, 6.07) is 14.8. The number of esters is 2. The first-order valence-corrected chi connectivity index (χ1v) is 7.56. The van der Waals surface area contributed by atoms with E-state index in [0.29, 0.717) is 11.5 Å². The van der Waals surface area contributed by atoms with E-state index in [2.05, 4.69) is 20.4 Å². The molecule has 0 unspecified atom stereocenters. The molecule has 0 aliphatic carbocycles. The lowest BCUT2D eigenvalue weighted by Crippen LogP contribution is -2.18. The van der Waals surface area contributed by atoms with Gasteiger partial charge in [0.05, 0.1) is 0 Å². The largest absolute Gasteiger partial charge is 0.427 e. The van der Waals surface area contributed by atoms with Gasteiger partial charge in [-0.05, 0) is 35.4 Å². The molecule has 2 rings (SSSR count). The average Bonchev–Trinajstić information content (AvgIpc) is 2.55. The zero-order valence-corrected chi connectivity index (χ0v) is 14.0. The van der Waals surface area contributed by atoms with Gasteiger partial charge >= 0.3 is 11.9 Å². The van der Waals surface area contributed by atoms with E-state index in [1.54, 1.807) is 24.3 Å². The molecule has 0 atom stereocenters. The summed E-state index contributed by atoms with van der Waals surface area (Å²) in [5.41, 5.74) is 1.89. The van der Waals surface area contributed by atoms with Crippen molar-refractivity contribution in [2.75, 3.05) is 0 Å². The lowest BCUT2D eigenvalue weighted by Gasteiger charge is -2.26. The van der Waals surface area contributed by atoms with Gasteiger partial charge in [-0.1, -0.05) is 44.7 Å². The van der Waals surface area contributed by atoms with Gasteiger partial charge in [0.15, 0.2) is 0 Å². The Balaban J connectivity index is 2.21. The Kier molecular flexibility index (Phi) is 5.19. The lowest BCUT2D eigenvalue weighted by atomic mass is 9.78. The molecule has 4 heteroatoms. The molecule has 2 aromatic carbocycles. The molecule has 0 saturated carbocycles. The molecule has 0 spiro atoms. The van der Waals surface area contributed by atoms with Crippen molar-refractivity contribution in [1.82, 2.24) is 0 Å². The second-order valence-corrected chi connectivity index (χ2v) is 5.89. The fourth-order valence-corrected chi connectivity index (χ4v) is 2.37. The Morgan fingerprint density at radius 1 is 0.875 bits per heavy atom. The van der Waals surface area contributed by atoms with Crippen LogP contribution in [0.1, 0.15) is 31.9 Å². The van der Waals surface area contributed by atoms with Gasteiger partial charge in [-0.3, -0.25) is 4.79 Å². The zero-order chi connectivity index (χ0) is 17.7. The quantitative estimate of drug-likeness (QED) is 0.473. The van der Waals surface area contributed by atoms with Crippen LogP contribution in [0.15, 0.2) is 61.2 Å². The number of benzene rings is 2. The van der Waals surface area contributed by atoms with Gasteiger partial charge in [-0.15, -0.1) is 0 Å². The third kappa shape index (κ3) is 4.10. The van der Waals surface area contributed by atoms with Crippen LogP contribution in [0.4, 0.5) is 0 Å². The smallest absolute Gasteiger partial charge is 0.335 e. The molecule has 4 nitrogen and oxygen atoms in total. The van der Waals surface area contributed by atoms with Gasteiger partial charge in [-0.2, -0.15) is 0 Å². The highest BCUT2D eigenvalue weighted by Gasteiger charge is 2.23. The van der Waals surface area contributed by atoms with E-state index in [1.807, 2.05) is 24.3 Å². The van der Waals surface area contributed by atoms with E-state index < -0.39 is 5.97 Å². The van der Waals surface area contributed by atoms with Crippen molar-refractivity contribution in [2.45, 2.75) is 26.2 Å². The van der Waals surface area contributed by atoms with Crippen molar-refractivity contribution in [1.29, 1.82) is 0 Å². The van der Waals surface area contributed by atoms with Crippen LogP contribution >= 0.6 is 0 Å². The minimum atomic E-state index is -0.483. The van der Waals surface area contributed by atoms with Gasteiger partial charge in [-0.25, -0.2) is 4.79 Å². The van der Waals surface area contributed by atoms with E-state index in [1.165, 1.54) is 6.92 Å². The third-order valence-corrected chi connectivity index (χ3v) is 3.80. The topological polar surface area (TPSA) is 52.6 Å². The van der Waals surface area contributed by atoms with Crippen LogP contribution in [0, 0.1) is 0 Å². The molecule has 124 valence electrons. The molecule has 0 aliphatic rings. The molecule has 0 amide bonds. The average molecular weight is 324 g/mol. The second kappa shape index (κ2) is 7.13. The maximum Gasteiger partial charge on any atom is 0.335 e. The molecule has 0 fully saturated rings. The summed E-state index contributed by atoms with van der Waals surface area (Å²) in [4.78, 5) is 22.2. The first-order valence-electron chi connectivity index (χ1n) is 7.56. The Morgan fingerprint density at radius 3 is 1.67 bits per heavy atom. The van der Waals surface area contributed by atoms with E-state index >= 15 is 0 Å². The SMILES string of the molecule is C=CC(=O)Oc1ccc(C(C)(C)c2ccc(OC(C)=O)cc2)cc1. The Morgan fingerprint density at radius 2 is 1.29 bits per heavy atom. The molecular weight excluding hydrogens is 304 g/mol. The first-order chi connectivity index (χ1) is 11.3. The van der Waals surface area contributed by atoms with E-state index in [-0.39, 0.29) is 11.4 Å². The van der Waals surface area contributed by atoms with Crippen molar-refractivity contribution >= 4 is 11.9 Å². The summed E-state index contributed by atoms with van der Waals surface area (Å²) in [6.07, 6.45) is 1.13. The van der Waals surface area contributed by atoms with E-state index in [4.69, 9.17) is 9.47 Å². The zero-order valence-electron chi connectivity index (χ0n) is 14.0. The summed E-state index contributed by atoms with van der Waals surface area (Å²) in [6.45, 7) is 8.94. The molecule has 0 aromatic heterocycles. The molecule has 0 aliphatic heterocycles. The maximum absolute atomic E-state index is 11.2. The molecule has 0 bridgehead atoms. The first kappa shape index (κ1) is 17.5. The van der Waals surface area contributed by atoms with Crippen LogP contribution in [0.5, 0.6) is 11.5 Å². The fourth-order valence-electron chi connectivity index (χ4n) is 2.37. The Hall–Kier alpha value is -2.88. The number of hydrogen-bond acceptors (Lipinski definition) is 4. The highest BCUT2D eigenvalue weighted by molar-refractivity contribution is 5.83. The normalized spacial score (nSPS) is 10.8. The third-order valence-electron chi connectivity index (χ3n) is 3.80. The predicted octanol–water partition coefficient (Wildman–Crippen LogP) is 4.03. The summed E-state index contributed by atoms with van der Waals surface area (Å²) in [5, 5.41) is 0. The van der Waals surface area contributed by atoms with Crippen LogP contribution < -0.4 is 9.47 Å². The van der Waals surface area contributed by atoms with Crippen molar-refractivity contribution in [2.24, 2.45) is 0 Å². The van der Waals surface area contributed by atoms with Crippen LogP contribution in [-0.4, -0.2) is 11.9 Å². The van der Waals surface area contributed by atoms with E-state index in [9.17, 15) is 9.59 Å². The summed E-state index contributed by atoms with van der Waals surface area (Å²) < 4.78 is 10.1. The van der Waals surface area contributed by atoms with Gasteiger partial charge in [0.2, 0.25) is 0 Å². The molecule has 2 aromatic rings.